The predicted molar refractivity (Wildman–Crippen MR) is 123 cm³/mol. The number of benzene rings is 2. The number of fused-ring (bicyclic) bond motifs is 2. The SMILES string of the molecule is CC(C(=O)NCc1ccc2c(c1)OCO2)N1CCN(S(=O)(=O)c2ccc3c(c2)CCC3)CC1. The normalized spacial score (nSPS) is 19.3. The summed E-state index contributed by atoms with van der Waals surface area (Å²) in [7, 11) is -3.52. The monoisotopic (exact) mass is 471 g/mol. The summed E-state index contributed by atoms with van der Waals surface area (Å²) in [6, 6.07) is 10.8. The number of carbonyl (C=O) groups excluding carboxylic acids is 1. The van der Waals surface area contributed by atoms with E-state index in [2.05, 4.69) is 5.32 Å². The van der Waals surface area contributed by atoms with E-state index in [-0.39, 0.29) is 18.7 Å². The third kappa shape index (κ3) is 4.45. The van der Waals surface area contributed by atoms with Gasteiger partial charge < -0.3 is 14.8 Å². The second kappa shape index (κ2) is 8.96. The first-order valence-electron chi connectivity index (χ1n) is 11.4. The van der Waals surface area contributed by atoms with Gasteiger partial charge in [0.2, 0.25) is 22.7 Å². The molecule has 2 aliphatic heterocycles. The van der Waals surface area contributed by atoms with Crippen molar-refractivity contribution in [2.45, 2.75) is 43.7 Å². The number of carbonyl (C=O) groups is 1. The Morgan fingerprint density at radius 2 is 1.76 bits per heavy atom. The van der Waals surface area contributed by atoms with Gasteiger partial charge in [0.1, 0.15) is 0 Å². The lowest BCUT2D eigenvalue weighted by molar-refractivity contribution is -0.126. The van der Waals surface area contributed by atoms with Crippen molar-refractivity contribution in [2.24, 2.45) is 0 Å². The molecule has 0 bridgehead atoms. The Kier molecular flexibility index (Phi) is 6.03. The van der Waals surface area contributed by atoms with Gasteiger partial charge in [0.25, 0.3) is 0 Å². The summed E-state index contributed by atoms with van der Waals surface area (Å²) < 4.78 is 38.5. The number of piperazine rings is 1. The van der Waals surface area contributed by atoms with Gasteiger partial charge in [0.05, 0.1) is 10.9 Å². The Bertz CT molecular complexity index is 1160. The molecule has 1 N–H and O–H groups in total. The molecular weight excluding hydrogens is 442 g/mol. The summed E-state index contributed by atoms with van der Waals surface area (Å²) in [5, 5.41) is 2.97. The zero-order chi connectivity index (χ0) is 23.0. The molecule has 33 heavy (non-hydrogen) atoms. The molecule has 1 aliphatic carbocycles. The molecular formula is C24H29N3O5S. The lowest BCUT2D eigenvalue weighted by Crippen LogP contribution is -2.54. The molecule has 2 aromatic carbocycles. The zero-order valence-electron chi connectivity index (χ0n) is 18.7. The molecule has 0 spiro atoms. The van der Waals surface area contributed by atoms with Gasteiger partial charge in [-0.05, 0) is 67.1 Å². The van der Waals surface area contributed by atoms with Crippen LogP contribution in [0.5, 0.6) is 11.5 Å². The molecule has 1 fully saturated rings. The molecule has 0 saturated carbocycles. The van der Waals surface area contributed by atoms with E-state index in [9.17, 15) is 13.2 Å². The van der Waals surface area contributed by atoms with Crippen molar-refractivity contribution >= 4 is 15.9 Å². The van der Waals surface area contributed by atoms with E-state index in [0.717, 1.165) is 30.4 Å². The van der Waals surface area contributed by atoms with E-state index < -0.39 is 10.0 Å². The summed E-state index contributed by atoms with van der Waals surface area (Å²) >= 11 is 0. The van der Waals surface area contributed by atoms with Gasteiger partial charge in [-0.3, -0.25) is 9.69 Å². The molecule has 2 heterocycles. The fourth-order valence-corrected chi connectivity index (χ4v) is 6.22. The summed E-state index contributed by atoms with van der Waals surface area (Å²) in [5.41, 5.74) is 3.35. The lowest BCUT2D eigenvalue weighted by Gasteiger charge is -2.36. The van der Waals surface area contributed by atoms with Crippen LogP contribution < -0.4 is 14.8 Å². The highest BCUT2D eigenvalue weighted by molar-refractivity contribution is 7.89. The first kappa shape index (κ1) is 22.2. The Balaban J connectivity index is 1.15. The standard InChI is InChI=1S/C24H29N3O5S/c1-17(24(28)25-15-18-5-8-22-23(13-18)32-16-31-22)26-9-11-27(12-10-26)33(29,30)21-7-6-19-3-2-4-20(19)14-21/h5-8,13-14,17H,2-4,9-12,15-16H2,1H3,(H,25,28). The maximum Gasteiger partial charge on any atom is 0.243 e. The largest absolute Gasteiger partial charge is 0.454 e. The Hall–Kier alpha value is -2.62. The summed E-state index contributed by atoms with van der Waals surface area (Å²) in [4.78, 5) is 15.1. The van der Waals surface area contributed by atoms with Gasteiger partial charge in [-0.1, -0.05) is 12.1 Å². The summed E-state index contributed by atoms with van der Waals surface area (Å²) in [5.74, 6) is 1.32. The number of rotatable bonds is 6. The van der Waals surface area contributed by atoms with Crippen molar-refractivity contribution in [1.29, 1.82) is 0 Å². The Labute approximate surface area is 194 Å². The quantitative estimate of drug-likeness (QED) is 0.693. The minimum Gasteiger partial charge on any atom is -0.454 e. The molecule has 1 amide bonds. The maximum absolute atomic E-state index is 13.1. The molecule has 0 radical (unpaired) electrons. The van der Waals surface area contributed by atoms with Gasteiger partial charge >= 0.3 is 0 Å². The molecule has 1 unspecified atom stereocenters. The zero-order valence-corrected chi connectivity index (χ0v) is 19.6. The average molecular weight is 472 g/mol. The molecule has 176 valence electrons. The van der Waals surface area contributed by atoms with Crippen molar-refractivity contribution in [3.8, 4) is 11.5 Å². The van der Waals surface area contributed by atoms with E-state index in [1.807, 2.05) is 42.2 Å². The molecule has 3 aliphatic rings. The highest BCUT2D eigenvalue weighted by Crippen LogP contribution is 2.32. The molecule has 0 aromatic heterocycles. The second-order valence-corrected chi connectivity index (χ2v) is 10.7. The number of hydrogen-bond acceptors (Lipinski definition) is 6. The van der Waals surface area contributed by atoms with E-state index >= 15 is 0 Å². The van der Waals surface area contributed by atoms with Gasteiger partial charge in [-0.15, -0.1) is 0 Å². The fraction of sp³-hybridized carbons (Fsp3) is 0.458. The van der Waals surface area contributed by atoms with Crippen molar-refractivity contribution < 1.29 is 22.7 Å². The molecule has 1 atom stereocenters. The van der Waals surface area contributed by atoms with Crippen LogP contribution in [0.4, 0.5) is 0 Å². The van der Waals surface area contributed by atoms with Crippen LogP contribution in [0.25, 0.3) is 0 Å². The number of nitrogens with one attached hydrogen (secondary N) is 1. The van der Waals surface area contributed by atoms with Crippen LogP contribution in [-0.4, -0.2) is 62.5 Å². The van der Waals surface area contributed by atoms with E-state index in [1.165, 1.54) is 9.87 Å². The molecule has 1 saturated heterocycles. The van der Waals surface area contributed by atoms with Crippen molar-refractivity contribution in [3.63, 3.8) is 0 Å². The highest BCUT2D eigenvalue weighted by atomic mass is 32.2. The van der Waals surface area contributed by atoms with E-state index in [1.54, 1.807) is 6.07 Å². The number of nitrogens with zero attached hydrogens (tertiary/aromatic N) is 2. The van der Waals surface area contributed by atoms with Crippen molar-refractivity contribution in [3.05, 3.63) is 53.1 Å². The Morgan fingerprint density at radius 1 is 1.00 bits per heavy atom. The molecule has 5 rings (SSSR count). The molecule has 2 aromatic rings. The van der Waals surface area contributed by atoms with Gasteiger partial charge in [-0.25, -0.2) is 8.42 Å². The van der Waals surface area contributed by atoms with Crippen LogP contribution >= 0.6 is 0 Å². The second-order valence-electron chi connectivity index (χ2n) is 8.81. The van der Waals surface area contributed by atoms with Crippen LogP contribution in [0.3, 0.4) is 0 Å². The van der Waals surface area contributed by atoms with Crippen LogP contribution in [0.2, 0.25) is 0 Å². The fourth-order valence-electron chi connectivity index (χ4n) is 4.74. The minimum atomic E-state index is -3.52. The summed E-state index contributed by atoms with van der Waals surface area (Å²) in [6.45, 7) is 4.26. The topological polar surface area (TPSA) is 88.2 Å². The minimum absolute atomic E-state index is 0.0809. The number of amides is 1. The third-order valence-electron chi connectivity index (χ3n) is 6.81. The van der Waals surface area contributed by atoms with Gasteiger partial charge in [0, 0.05) is 32.7 Å². The number of sulfonamides is 1. The van der Waals surface area contributed by atoms with Crippen molar-refractivity contribution in [1.82, 2.24) is 14.5 Å². The predicted octanol–water partition coefficient (Wildman–Crippen LogP) is 1.92. The molecule has 9 heteroatoms. The van der Waals surface area contributed by atoms with Gasteiger partial charge in [-0.2, -0.15) is 4.31 Å². The molecule has 8 nitrogen and oxygen atoms in total. The maximum atomic E-state index is 13.1. The smallest absolute Gasteiger partial charge is 0.243 e. The van der Waals surface area contributed by atoms with Crippen molar-refractivity contribution in [2.75, 3.05) is 33.0 Å². The first-order valence-corrected chi connectivity index (χ1v) is 12.9. The first-order chi connectivity index (χ1) is 15.9. The number of ether oxygens (including phenoxy) is 2. The summed E-state index contributed by atoms with van der Waals surface area (Å²) in [6.07, 6.45) is 3.07. The van der Waals surface area contributed by atoms with Crippen LogP contribution in [0.15, 0.2) is 41.3 Å². The number of aryl methyl sites for hydroxylation is 2. The van der Waals surface area contributed by atoms with Crippen LogP contribution in [0.1, 0.15) is 30.0 Å². The number of hydrogen-bond donors (Lipinski definition) is 1. The van der Waals surface area contributed by atoms with E-state index in [0.29, 0.717) is 49.1 Å². The highest BCUT2D eigenvalue weighted by Gasteiger charge is 2.32. The Morgan fingerprint density at radius 3 is 2.58 bits per heavy atom. The van der Waals surface area contributed by atoms with E-state index in [4.69, 9.17) is 9.47 Å². The van der Waals surface area contributed by atoms with Gasteiger partial charge in [0.15, 0.2) is 11.5 Å². The van der Waals surface area contributed by atoms with Crippen LogP contribution in [0, 0.1) is 0 Å². The average Bonchev–Trinajstić information content (AvgIpc) is 3.50. The third-order valence-corrected chi connectivity index (χ3v) is 8.71. The van der Waals surface area contributed by atoms with Crippen LogP contribution in [-0.2, 0) is 34.2 Å². The lowest BCUT2D eigenvalue weighted by atomic mass is 10.1.